The molecule has 0 aliphatic rings. The standard InChI is InChI=1S/C22H25IN6O3S/c1-4-29-20(13-24-17-8-6-16(23)7-9-17)26-28-22(29)33-14-21(30)27-25-12-15-5-10-18(31-2)11-19(15)32-3/h5-12,24H,4,13-14H2,1-3H3,(H,27,30)/b25-12-. The predicted molar refractivity (Wildman–Crippen MR) is 138 cm³/mol. The number of rotatable bonds is 11. The Balaban J connectivity index is 1.52. The maximum atomic E-state index is 12.2. The monoisotopic (exact) mass is 580 g/mol. The van der Waals surface area contributed by atoms with Gasteiger partial charge in [-0.1, -0.05) is 11.8 Å². The van der Waals surface area contributed by atoms with E-state index >= 15 is 0 Å². The van der Waals surface area contributed by atoms with E-state index in [-0.39, 0.29) is 11.7 Å². The van der Waals surface area contributed by atoms with E-state index in [1.165, 1.54) is 21.5 Å². The molecule has 0 aliphatic heterocycles. The number of thioether (sulfide) groups is 1. The fourth-order valence-corrected chi connectivity index (χ4v) is 4.06. The number of hydrogen-bond acceptors (Lipinski definition) is 8. The van der Waals surface area contributed by atoms with Crippen LogP contribution in [0, 0.1) is 3.57 Å². The molecule has 174 valence electrons. The van der Waals surface area contributed by atoms with Crippen LogP contribution in [0.2, 0.25) is 0 Å². The highest BCUT2D eigenvalue weighted by molar-refractivity contribution is 14.1. The van der Waals surface area contributed by atoms with Crippen molar-refractivity contribution < 1.29 is 14.3 Å². The number of amides is 1. The minimum atomic E-state index is -0.243. The third-order valence-electron chi connectivity index (χ3n) is 4.57. The summed E-state index contributed by atoms with van der Waals surface area (Å²) in [5.74, 6) is 2.01. The van der Waals surface area contributed by atoms with Gasteiger partial charge < -0.3 is 19.4 Å². The molecule has 11 heteroatoms. The van der Waals surface area contributed by atoms with Crippen molar-refractivity contribution in [3.8, 4) is 11.5 Å². The molecule has 2 N–H and O–H groups in total. The Hall–Kier alpha value is -2.80. The van der Waals surface area contributed by atoms with Crippen molar-refractivity contribution in [3.63, 3.8) is 0 Å². The van der Waals surface area contributed by atoms with Crippen molar-refractivity contribution in [2.24, 2.45) is 5.10 Å². The third kappa shape index (κ3) is 7.09. The second-order valence-electron chi connectivity index (χ2n) is 6.69. The van der Waals surface area contributed by atoms with Gasteiger partial charge in [0.25, 0.3) is 5.91 Å². The fourth-order valence-electron chi connectivity index (χ4n) is 2.88. The van der Waals surface area contributed by atoms with Crippen LogP contribution in [0.3, 0.4) is 0 Å². The Kier molecular flexibility index (Phi) is 9.36. The van der Waals surface area contributed by atoms with Gasteiger partial charge in [0.2, 0.25) is 0 Å². The number of methoxy groups -OCH3 is 2. The Bertz CT molecular complexity index is 1100. The van der Waals surface area contributed by atoms with E-state index in [2.05, 4.69) is 48.6 Å². The number of anilines is 1. The average Bonchev–Trinajstić information content (AvgIpc) is 3.24. The number of nitrogens with one attached hydrogen (secondary N) is 2. The highest BCUT2D eigenvalue weighted by atomic mass is 127. The van der Waals surface area contributed by atoms with E-state index in [1.54, 1.807) is 32.4 Å². The van der Waals surface area contributed by atoms with Crippen LogP contribution in [0.5, 0.6) is 11.5 Å². The summed E-state index contributed by atoms with van der Waals surface area (Å²) in [6.07, 6.45) is 1.53. The summed E-state index contributed by atoms with van der Waals surface area (Å²) in [6, 6.07) is 13.5. The molecule has 0 bridgehead atoms. The van der Waals surface area contributed by atoms with Crippen molar-refractivity contribution in [1.29, 1.82) is 0 Å². The first-order valence-corrected chi connectivity index (χ1v) is 12.2. The van der Waals surface area contributed by atoms with E-state index in [4.69, 9.17) is 9.47 Å². The van der Waals surface area contributed by atoms with Crippen molar-refractivity contribution in [2.45, 2.75) is 25.2 Å². The highest BCUT2D eigenvalue weighted by Gasteiger charge is 2.13. The number of nitrogens with zero attached hydrogens (tertiary/aromatic N) is 4. The van der Waals surface area contributed by atoms with Gasteiger partial charge in [-0.25, -0.2) is 5.43 Å². The Labute approximate surface area is 210 Å². The molecule has 0 radical (unpaired) electrons. The van der Waals surface area contributed by atoms with Gasteiger partial charge in [0, 0.05) is 27.4 Å². The summed E-state index contributed by atoms with van der Waals surface area (Å²) in [5, 5.41) is 16.6. The Morgan fingerprint density at radius 1 is 1.18 bits per heavy atom. The number of ether oxygens (including phenoxy) is 2. The number of carbonyl (C=O) groups is 1. The van der Waals surface area contributed by atoms with Crippen LogP contribution < -0.4 is 20.2 Å². The van der Waals surface area contributed by atoms with Crippen LogP contribution in [0.1, 0.15) is 18.3 Å². The third-order valence-corrected chi connectivity index (χ3v) is 6.26. The number of halogens is 1. The smallest absolute Gasteiger partial charge is 0.250 e. The number of benzene rings is 2. The molecule has 33 heavy (non-hydrogen) atoms. The molecule has 0 fully saturated rings. The zero-order valence-corrected chi connectivity index (χ0v) is 21.5. The fraction of sp³-hybridized carbons (Fsp3) is 0.273. The van der Waals surface area contributed by atoms with Gasteiger partial charge in [-0.15, -0.1) is 10.2 Å². The normalized spacial score (nSPS) is 10.9. The van der Waals surface area contributed by atoms with Crippen LogP contribution in [-0.4, -0.2) is 46.9 Å². The van der Waals surface area contributed by atoms with Crippen molar-refractivity contribution in [2.75, 3.05) is 25.3 Å². The highest BCUT2D eigenvalue weighted by Crippen LogP contribution is 2.23. The molecule has 3 aromatic rings. The number of aromatic nitrogens is 3. The van der Waals surface area contributed by atoms with Crippen LogP contribution in [0.15, 0.2) is 52.7 Å². The van der Waals surface area contributed by atoms with Crippen molar-refractivity contribution >= 4 is 52.2 Å². The molecule has 0 atom stereocenters. The van der Waals surface area contributed by atoms with E-state index in [9.17, 15) is 4.79 Å². The zero-order chi connectivity index (χ0) is 23.6. The second kappa shape index (κ2) is 12.4. The van der Waals surface area contributed by atoms with Gasteiger partial charge >= 0.3 is 0 Å². The molecule has 0 aliphatic carbocycles. The lowest BCUT2D eigenvalue weighted by Crippen LogP contribution is -2.20. The number of hydrogen-bond donors (Lipinski definition) is 2. The van der Waals surface area contributed by atoms with Gasteiger partial charge in [-0.3, -0.25) is 4.79 Å². The predicted octanol–water partition coefficient (Wildman–Crippen LogP) is 3.77. The van der Waals surface area contributed by atoms with Gasteiger partial charge in [0.15, 0.2) is 11.0 Å². The van der Waals surface area contributed by atoms with Crippen LogP contribution in [0.4, 0.5) is 5.69 Å². The van der Waals surface area contributed by atoms with Gasteiger partial charge in [-0.2, -0.15) is 5.10 Å². The molecule has 1 heterocycles. The lowest BCUT2D eigenvalue weighted by Gasteiger charge is -2.09. The summed E-state index contributed by atoms with van der Waals surface area (Å²) in [4.78, 5) is 12.2. The van der Waals surface area contributed by atoms with Crippen molar-refractivity contribution in [1.82, 2.24) is 20.2 Å². The Morgan fingerprint density at radius 3 is 2.67 bits per heavy atom. The largest absolute Gasteiger partial charge is 0.497 e. The SMILES string of the molecule is CCn1c(CNc2ccc(I)cc2)nnc1SCC(=O)N/N=C\c1ccc(OC)cc1OC. The van der Waals surface area contributed by atoms with E-state index in [0.29, 0.717) is 29.7 Å². The van der Waals surface area contributed by atoms with Gasteiger partial charge in [-0.05, 0) is 65.9 Å². The summed E-state index contributed by atoms with van der Waals surface area (Å²) < 4.78 is 13.7. The molecule has 2 aromatic carbocycles. The molecule has 0 saturated heterocycles. The molecule has 0 saturated carbocycles. The minimum Gasteiger partial charge on any atom is -0.497 e. The number of hydrazone groups is 1. The molecule has 1 aromatic heterocycles. The van der Waals surface area contributed by atoms with Crippen molar-refractivity contribution in [3.05, 3.63) is 57.4 Å². The lowest BCUT2D eigenvalue weighted by molar-refractivity contribution is -0.118. The molecule has 9 nitrogen and oxygen atoms in total. The van der Waals surface area contributed by atoms with E-state index < -0.39 is 0 Å². The quantitative estimate of drug-likeness (QED) is 0.154. The van der Waals surface area contributed by atoms with Gasteiger partial charge in [0.1, 0.15) is 11.5 Å². The average molecular weight is 580 g/mol. The maximum Gasteiger partial charge on any atom is 0.250 e. The summed E-state index contributed by atoms with van der Waals surface area (Å²) in [5.41, 5.74) is 4.27. The molecule has 3 rings (SSSR count). The Morgan fingerprint density at radius 2 is 1.97 bits per heavy atom. The first kappa shape index (κ1) is 24.8. The molecular formula is C22H25IN6O3S. The van der Waals surface area contributed by atoms with E-state index in [0.717, 1.165) is 17.1 Å². The summed E-state index contributed by atoms with van der Waals surface area (Å²) in [6.45, 7) is 3.27. The topological polar surface area (TPSA) is 103 Å². The number of carbonyl (C=O) groups excluding carboxylic acids is 1. The van der Waals surface area contributed by atoms with Crippen LogP contribution >= 0.6 is 34.4 Å². The maximum absolute atomic E-state index is 12.2. The molecular weight excluding hydrogens is 555 g/mol. The molecule has 0 unspecified atom stereocenters. The lowest BCUT2D eigenvalue weighted by atomic mass is 10.2. The van der Waals surface area contributed by atoms with Gasteiger partial charge in [0.05, 0.1) is 32.7 Å². The first-order chi connectivity index (χ1) is 16.0. The van der Waals surface area contributed by atoms with Crippen LogP contribution in [0.25, 0.3) is 0 Å². The summed E-state index contributed by atoms with van der Waals surface area (Å²) in [7, 11) is 3.15. The summed E-state index contributed by atoms with van der Waals surface area (Å²) >= 11 is 3.59. The minimum absolute atomic E-state index is 0.166. The first-order valence-electron chi connectivity index (χ1n) is 10.1. The molecule has 1 amide bonds. The van der Waals surface area contributed by atoms with E-state index in [1.807, 2.05) is 35.8 Å². The second-order valence-corrected chi connectivity index (χ2v) is 8.88. The van der Waals surface area contributed by atoms with Crippen LogP contribution in [-0.2, 0) is 17.9 Å². The zero-order valence-electron chi connectivity index (χ0n) is 18.5. The molecule has 0 spiro atoms.